The molecule has 1 aromatic rings. The zero-order valence-electron chi connectivity index (χ0n) is 15.6. The first-order valence-electron chi connectivity index (χ1n) is 8.80. The summed E-state index contributed by atoms with van der Waals surface area (Å²) in [5.74, 6) is 0.584. The summed E-state index contributed by atoms with van der Waals surface area (Å²) in [5.41, 5.74) is 0.857. The van der Waals surface area contributed by atoms with Crippen LogP contribution in [0.1, 0.15) is 19.4 Å². The highest BCUT2D eigenvalue weighted by Gasteiger charge is 2.21. The van der Waals surface area contributed by atoms with Gasteiger partial charge in [-0.25, -0.2) is 4.39 Å². The van der Waals surface area contributed by atoms with Crippen LogP contribution in [0.25, 0.3) is 0 Å². The number of rotatable bonds is 5. The number of amides is 1. The maximum atomic E-state index is 13.6. The molecule has 2 N–H and O–H groups in total. The van der Waals surface area contributed by atoms with Gasteiger partial charge in [0, 0.05) is 45.8 Å². The fourth-order valence-corrected chi connectivity index (χ4v) is 3.10. The van der Waals surface area contributed by atoms with Gasteiger partial charge in [-0.2, -0.15) is 0 Å². The van der Waals surface area contributed by atoms with E-state index in [1.165, 1.54) is 6.07 Å². The lowest BCUT2D eigenvalue weighted by atomic mass is 10.2. The Kier molecular flexibility index (Phi) is 7.84. The Hall–Kier alpha value is -1.67. The van der Waals surface area contributed by atoms with Crippen LogP contribution in [0.4, 0.5) is 4.39 Å². The van der Waals surface area contributed by atoms with Crippen LogP contribution in [0.15, 0.2) is 27.7 Å². The molecule has 144 valence electrons. The molecule has 0 aliphatic carbocycles. The highest BCUT2D eigenvalue weighted by atomic mass is 79.9. The third-order valence-electron chi connectivity index (χ3n) is 4.14. The van der Waals surface area contributed by atoms with Gasteiger partial charge >= 0.3 is 0 Å². The van der Waals surface area contributed by atoms with Crippen molar-refractivity contribution in [2.75, 3.05) is 39.8 Å². The third kappa shape index (κ3) is 6.25. The highest BCUT2D eigenvalue weighted by Crippen LogP contribution is 2.16. The lowest BCUT2D eigenvalue weighted by molar-refractivity contribution is -0.123. The second-order valence-corrected chi connectivity index (χ2v) is 7.49. The van der Waals surface area contributed by atoms with E-state index in [1.807, 2.05) is 19.9 Å². The summed E-state index contributed by atoms with van der Waals surface area (Å²) in [7, 11) is 1.74. The monoisotopic (exact) mass is 427 g/mol. The molecule has 0 unspecified atom stereocenters. The second kappa shape index (κ2) is 9.87. The Labute approximate surface area is 163 Å². The molecule has 2 rings (SSSR count). The van der Waals surface area contributed by atoms with Gasteiger partial charge in [-0.1, -0.05) is 6.07 Å². The number of guanidine groups is 1. The molecule has 1 aromatic carbocycles. The number of halogens is 2. The Morgan fingerprint density at radius 2 is 2.00 bits per heavy atom. The quantitative estimate of drug-likeness (QED) is 0.555. The number of piperazine rings is 1. The Bertz CT molecular complexity index is 644. The minimum atomic E-state index is -0.271. The Morgan fingerprint density at radius 1 is 1.31 bits per heavy atom. The van der Waals surface area contributed by atoms with Crippen LogP contribution in [0.2, 0.25) is 0 Å². The molecular weight excluding hydrogens is 401 g/mol. The van der Waals surface area contributed by atoms with Crippen LogP contribution in [0.5, 0.6) is 0 Å². The average Bonchev–Trinajstić information content (AvgIpc) is 2.59. The summed E-state index contributed by atoms with van der Waals surface area (Å²) in [4.78, 5) is 20.5. The van der Waals surface area contributed by atoms with Gasteiger partial charge in [-0.05, 0) is 47.5 Å². The molecule has 1 saturated heterocycles. The molecule has 1 amide bonds. The Balaban J connectivity index is 1.81. The number of carbonyl (C=O) groups is 1. The van der Waals surface area contributed by atoms with Gasteiger partial charge in [-0.15, -0.1) is 0 Å². The minimum absolute atomic E-state index is 0.0632. The molecule has 1 aliphatic rings. The smallest absolute Gasteiger partial charge is 0.234 e. The van der Waals surface area contributed by atoms with Crippen molar-refractivity contribution in [2.45, 2.75) is 26.4 Å². The van der Waals surface area contributed by atoms with E-state index in [9.17, 15) is 9.18 Å². The van der Waals surface area contributed by atoms with E-state index < -0.39 is 0 Å². The van der Waals surface area contributed by atoms with Crippen molar-refractivity contribution in [3.8, 4) is 0 Å². The summed E-state index contributed by atoms with van der Waals surface area (Å²) in [6, 6.07) is 5.25. The van der Waals surface area contributed by atoms with Crippen molar-refractivity contribution in [3.05, 3.63) is 34.1 Å². The van der Waals surface area contributed by atoms with E-state index in [0.29, 0.717) is 17.6 Å². The molecular formula is C18H27BrFN5O. The molecule has 8 heteroatoms. The number of benzene rings is 1. The second-order valence-electron chi connectivity index (χ2n) is 6.63. The SMILES string of the molecule is CN=C(NCc1ccc(Br)c(F)c1)N1CCN(CC(=O)NC(C)C)CC1. The van der Waals surface area contributed by atoms with E-state index in [0.717, 1.165) is 37.7 Å². The predicted octanol–water partition coefficient (Wildman–Crippen LogP) is 1.81. The Morgan fingerprint density at radius 3 is 2.58 bits per heavy atom. The van der Waals surface area contributed by atoms with Crippen LogP contribution in [0.3, 0.4) is 0 Å². The van der Waals surface area contributed by atoms with Crippen LogP contribution >= 0.6 is 15.9 Å². The fourth-order valence-electron chi connectivity index (χ4n) is 2.85. The molecule has 0 atom stereocenters. The van der Waals surface area contributed by atoms with Gasteiger partial charge in [0.25, 0.3) is 0 Å². The maximum absolute atomic E-state index is 13.6. The molecule has 6 nitrogen and oxygen atoms in total. The van der Waals surface area contributed by atoms with Crippen molar-refractivity contribution in [1.82, 2.24) is 20.4 Å². The number of nitrogens with one attached hydrogen (secondary N) is 2. The van der Waals surface area contributed by atoms with E-state index in [1.54, 1.807) is 13.1 Å². The minimum Gasteiger partial charge on any atom is -0.353 e. The van der Waals surface area contributed by atoms with Gasteiger partial charge in [0.1, 0.15) is 5.82 Å². The van der Waals surface area contributed by atoms with Crippen LogP contribution in [0, 0.1) is 5.82 Å². The van der Waals surface area contributed by atoms with Crippen molar-refractivity contribution < 1.29 is 9.18 Å². The number of hydrogen-bond donors (Lipinski definition) is 2. The normalized spacial score (nSPS) is 16.1. The van der Waals surface area contributed by atoms with E-state index in [-0.39, 0.29) is 17.8 Å². The first-order chi connectivity index (χ1) is 12.4. The van der Waals surface area contributed by atoms with Crippen molar-refractivity contribution in [3.63, 3.8) is 0 Å². The molecule has 26 heavy (non-hydrogen) atoms. The molecule has 0 aromatic heterocycles. The van der Waals surface area contributed by atoms with E-state index >= 15 is 0 Å². The lowest BCUT2D eigenvalue weighted by Gasteiger charge is -2.36. The van der Waals surface area contributed by atoms with Crippen LogP contribution < -0.4 is 10.6 Å². The summed E-state index contributed by atoms with van der Waals surface area (Å²) in [6.07, 6.45) is 0. The molecule has 1 fully saturated rings. The number of carbonyl (C=O) groups excluding carboxylic acids is 1. The summed E-state index contributed by atoms with van der Waals surface area (Å²) in [5, 5.41) is 6.20. The average molecular weight is 428 g/mol. The largest absolute Gasteiger partial charge is 0.353 e. The first kappa shape index (κ1) is 20.6. The van der Waals surface area contributed by atoms with Gasteiger partial charge in [0.2, 0.25) is 5.91 Å². The number of nitrogens with zero attached hydrogens (tertiary/aromatic N) is 3. The standard InChI is InChI=1S/C18H27BrFN5O/c1-13(2)23-17(26)12-24-6-8-25(9-7-24)18(21-3)22-11-14-4-5-15(19)16(20)10-14/h4-5,10,13H,6-9,11-12H2,1-3H3,(H,21,22)(H,23,26). The van der Waals surface area contributed by atoms with Crippen molar-refractivity contribution in [1.29, 1.82) is 0 Å². The first-order valence-corrected chi connectivity index (χ1v) is 9.59. The maximum Gasteiger partial charge on any atom is 0.234 e. The van der Waals surface area contributed by atoms with Gasteiger partial charge in [0.05, 0.1) is 11.0 Å². The summed E-state index contributed by atoms with van der Waals surface area (Å²) < 4.78 is 14.1. The topological polar surface area (TPSA) is 60.0 Å². The van der Waals surface area contributed by atoms with Gasteiger partial charge in [0.15, 0.2) is 5.96 Å². The molecule has 0 radical (unpaired) electrons. The van der Waals surface area contributed by atoms with Crippen molar-refractivity contribution >= 4 is 27.8 Å². The van der Waals surface area contributed by atoms with E-state index in [2.05, 4.69) is 41.4 Å². The molecule has 0 saturated carbocycles. The molecule has 1 heterocycles. The third-order valence-corrected chi connectivity index (χ3v) is 4.78. The number of aliphatic imine (C=N–C) groups is 1. The van der Waals surface area contributed by atoms with E-state index in [4.69, 9.17) is 0 Å². The molecule has 0 spiro atoms. The predicted molar refractivity (Wildman–Crippen MR) is 106 cm³/mol. The van der Waals surface area contributed by atoms with Crippen LogP contribution in [-0.2, 0) is 11.3 Å². The van der Waals surface area contributed by atoms with Gasteiger partial charge < -0.3 is 15.5 Å². The van der Waals surface area contributed by atoms with Crippen molar-refractivity contribution in [2.24, 2.45) is 4.99 Å². The zero-order chi connectivity index (χ0) is 19.1. The van der Waals surface area contributed by atoms with Gasteiger partial charge in [-0.3, -0.25) is 14.7 Å². The summed E-state index contributed by atoms with van der Waals surface area (Å²) >= 11 is 3.16. The lowest BCUT2D eigenvalue weighted by Crippen LogP contribution is -2.54. The molecule has 0 bridgehead atoms. The number of hydrogen-bond acceptors (Lipinski definition) is 3. The summed E-state index contributed by atoms with van der Waals surface area (Å²) in [6.45, 7) is 8.06. The zero-order valence-corrected chi connectivity index (χ0v) is 17.1. The van der Waals surface area contributed by atoms with Crippen LogP contribution in [-0.4, -0.2) is 67.5 Å². The fraction of sp³-hybridized carbons (Fsp3) is 0.556. The highest BCUT2D eigenvalue weighted by molar-refractivity contribution is 9.10. The molecule has 1 aliphatic heterocycles.